The summed E-state index contributed by atoms with van der Waals surface area (Å²) >= 11 is 5.64. The van der Waals surface area contributed by atoms with Crippen molar-refractivity contribution in [1.29, 1.82) is 0 Å². The topological polar surface area (TPSA) is 12.0 Å². The van der Waals surface area contributed by atoms with Gasteiger partial charge in [-0.25, -0.2) is 0 Å². The van der Waals surface area contributed by atoms with Crippen molar-refractivity contribution in [2.45, 2.75) is 20.8 Å². The Balaban J connectivity index is 0.000000203. The molecule has 0 amide bonds. The molecule has 0 bridgehead atoms. The number of hydrogen-bond acceptors (Lipinski definition) is 1. The third-order valence-electron chi connectivity index (χ3n) is 3.26. The van der Waals surface area contributed by atoms with Crippen LogP contribution < -0.4 is 5.32 Å². The van der Waals surface area contributed by atoms with E-state index in [0.717, 1.165) is 16.4 Å². The molecule has 23 heavy (non-hydrogen) atoms. The maximum Gasteiger partial charge on any atom is 0.0408 e. The summed E-state index contributed by atoms with van der Waals surface area (Å²) in [5, 5.41) is 4.20. The normalized spacial score (nSPS) is 9.74. The van der Waals surface area contributed by atoms with E-state index < -0.39 is 0 Å². The molecule has 0 saturated carbocycles. The summed E-state index contributed by atoms with van der Waals surface area (Å²) in [5.41, 5.74) is 6.06. The van der Waals surface area contributed by atoms with Gasteiger partial charge in [-0.05, 0) is 73.9 Å². The highest BCUT2D eigenvalue weighted by atomic mass is 35.5. The summed E-state index contributed by atoms with van der Waals surface area (Å²) in [6.45, 7) is 6.25. The average Bonchev–Trinajstić information content (AvgIpc) is 2.47. The van der Waals surface area contributed by atoms with Gasteiger partial charge < -0.3 is 5.32 Å². The molecule has 118 valence electrons. The molecule has 0 spiro atoms. The van der Waals surface area contributed by atoms with Crippen molar-refractivity contribution in [3.63, 3.8) is 0 Å². The largest absolute Gasteiger partial charge is 0.356 e. The summed E-state index contributed by atoms with van der Waals surface area (Å²) in [5.74, 6) is 0. The number of rotatable bonds is 2. The lowest BCUT2D eigenvalue weighted by Gasteiger charge is -2.08. The Morgan fingerprint density at radius 2 is 1.26 bits per heavy atom. The standard InChI is InChI=1S/C14H15N.C7H7Cl/c1-11-8-12(2)10-14(9-11)15-13-6-4-3-5-7-13;1-6-3-2-4-7(8)5-6/h3-10,15H,1-2H3;2-5H,1H3. The van der Waals surface area contributed by atoms with Gasteiger partial charge in [0.1, 0.15) is 0 Å². The van der Waals surface area contributed by atoms with E-state index in [2.05, 4.69) is 49.5 Å². The minimum absolute atomic E-state index is 0.810. The number of hydrogen-bond donors (Lipinski definition) is 1. The fourth-order valence-corrected chi connectivity index (χ4v) is 2.59. The van der Waals surface area contributed by atoms with Crippen LogP contribution in [0.15, 0.2) is 72.8 Å². The Hall–Kier alpha value is -2.25. The molecule has 3 aromatic carbocycles. The Kier molecular flexibility index (Phi) is 6.25. The van der Waals surface area contributed by atoms with Crippen molar-refractivity contribution in [3.05, 3.63) is 94.5 Å². The van der Waals surface area contributed by atoms with Crippen LogP contribution in [0, 0.1) is 20.8 Å². The van der Waals surface area contributed by atoms with Crippen molar-refractivity contribution in [3.8, 4) is 0 Å². The minimum atomic E-state index is 0.810. The number of halogens is 1. The van der Waals surface area contributed by atoms with Crippen LogP contribution in [0.5, 0.6) is 0 Å². The first-order chi connectivity index (χ1) is 11.0. The number of aryl methyl sites for hydroxylation is 3. The second-order valence-corrected chi connectivity index (χ2v) is 6.10. The van der Waals surface area contributed by atoms with Crippen LogP contribution in [0.1, 0.15) is 16.7 Å². The lowest BCUT2D eigenvalue weighted by atomic mass is 10.1. The Labute approximate surface area is 143 Å². The molecular weight excluding hydrogens is 302 g/mol. The van der Waals surface area contributed by atoms with Crippen molar-refractivity contribution in [2.75, 3.05) is 5.32 Å². The van der Waals surface area contributed by atoms with Gasteiger partial charge in [0.25, 0.3) is 0 Å². The van der Waals surface area contributed by atoms with Crippen LogP contribution in [0.3, 0.4) is 0 Å². The van der Waals surface area contributed by atoms with Gasteiger partial charge in [0, 0.05) is 16.4 Å². The van der Waals surface area contributed by atoms with Gasteiger partial charge in [0.2, 0.25) is 0 Å². The molecule has 0 heterocycles. The van der Waals surface area contributed by atoms with E-state index in [1.807, 2.05) is 49.4 Å². The zero-order valence-corrected chi connectivity index (χ0v) is 14.6. The Morgan fingerprint density at radius 1 is 0.609 bits per heavy atom. The molecule has 1 nitrogen and oxygen atoms in total. The maximum absolute atomic E-state index is 5.64. The highest BCUT2D eigenvalue weighted by molar-refractivity contribution is 6.30. The molecular formula is C21H22ClN. The van der Waals surface area contributed by atoms with E-state index in [0.29, 0.717) is 0 Å². The van der Waals surface area contributed by atoms with Crippen molar-refractivity contribution >= 4 is 23.0 Å². The molecule has 0 aliphatic rings. The van der Waals surface area contributed by atoms with Crippen molar-refractivity contribution < 1.29 is 0 Å². The SMILES string of the molecule is Cc1cc(C)cc(Nc2ccccc2)c1.Cc1cccc(Cl)c1. The molecule has 3 aromatic rings. The van der Waals surface area contributed by atoms with Gasteiger partial charge in [-0.2, -0.15) is 0 Å². The second kappa shape index (κ2) is 8.40. The first kappa shape index (κ1) is 17.1. The van der Waals surface area contributed by atoms with E-state index in [4.69, 9.17) is 11.6 Å². The van der Waals surface area contributed by atoms with Crippen LogP contribution in [0.25, 0.3) is 0 Å². The Bertz CT molecular complexity index is 713. The molecule has 0 radical (unpaired) electrons. The number of para-hydroxylation sites is 1. The van der Waals surface area contributed by atoms with Gasteiger partial charge in [-0.15, -0.1) is 0 Å². The Morgan fingerprint density at radius 3 is 1.78 bits per heavy atom. The van der Waals surface area contributed by atoms with Crippen LogP contribution in [-0.2, 0) is 0 Å². The predicted molar refractivity (Wildman–Crippen MR) is 102 cm³/mol. The smallest absolute Gasteiger partial charge is 0.0408 e. The summed E-state index contributed by atoms with van der Waals surface area (Å²) < 4.78 is 0. The molecule has 0 unspecified atom stereocenters. The zero-order valence-electron chi connectivity index (χ0n) is 13.8. The van der Waals surface area contributed by atoms with E-state index in [9.17, 15) is 0 Å². The molecule has 0 aliphatic carbocycles. The molecule has 3 rings (SSSR count). The molecule has 0 saturated heterocycles. The molecule has 0 fully saturated rings. The summed E-state index contributed by atoms with van der Waals surface area (Å²) in [4.78, 5) is 0. The zero-order chi connectivity index (χ0) is 16.7. The number of nitrogens with one attached hydrogen (secondary N) is 1. The van der Waals surface area contributed by atoms with Crippen LogP contribution in [0.4, 0.5) is 11.4 Å². The van der Waals surface area contributed by atoms with E-state index in [1.165, 1.54) is 16.7 Å². The summed E-state index contributed by atoms with van der Waals surface area (Å²) in [7, 11) is 0. The molecule has 1 N–H and O–H groups in total. The van der Waals surface area contributed by atoms with Crippen LogP contribution in [-0.4, -0.2) is 0 Å². The third-order valence-corrected chi connectivity index (χ3v) is 3.50. The van der Waals surface area contributed by atoms with Gasteiger partial charge in [0.15, 0.2) is 0 Å². The molecule has 2 heteroatoms. The monoisotopic (exact) mass is 323 g/mol. The molecule has 0 aromatic heterocycles. The number of anilines is 2. The first-order valence-electron chi connectivity index (χ1n) is 7.65. The third kappa shape index (κ3) is 6.17. The fraction of sp³-hybridized carbons (Fsp3) is 0.143. The molecule has 0 atom stereocenters. The van der Waals surface area contributed by atoms with Crippen LogP contribution in [0.2, 0.25) is 5.02 Å². The average molecular weight is 324 g/mol. The van der Waals surface area contributed by atoms with Crippen molar-refractivity contribution in [1.82, 2.24) is 0 Å². The quantitative estimate of drug-likeness (QED) is 0.553. The summed E-state index contributed by atoms with van der Waals surface area (Å²) in [6, 6.07) is 24.5. The number of benzene rings is 3. The first-order valence-corrected chi connectivity index (χ1v) is 8.03. The van der Waals surface area contributed by atoms with Crippen LogP contribution >= 0.6 is 11.6 Å². The van der Waals surface area contributed by atoms with Gasteiger partial charge in [-0.3, -0.25) is 0 Å². The predicted octanol–water partition coefficient (Wildman–Crippen LogP) is 6.70. The lowest BCUT2D eigenvalue weighted by molar-refractivity contribution is 1.37. The minimum Gasteiger partial charge on any atom is -0.356 e. The van der Waals surface area contributed by atoms with Gasteiger partial charge in [-0.1, -0.05) is 48.0 Å². The molecule has 0 aliphatic heterocycles. The van der Waals surface area contributed by atoms with E-state index in [1.54, 1.807) is 0 Å². The van der Waals surface area contributed by atoms with E-state index in [-0.39, 0.29) is 0 Å². The maximum atomic E-state index is 5.64. The van der Waals surface area contributed by atoms with Gasteiger partial charge in [0.05, 0.1) is 0 Å². The highest BCUT2D eigenvalue weighted by Gasteiger charge is 1.95. The lowest BCUT2D eigenvalue weighted by Crippen LogP contribution is -1.91. The fourth-order valence-electron chi connectivity index (χ4n) is 2.34. The van der Waals surface area contributed by atoms with Gasteiger partial charge >= 0.3 is 0 Å². The van der Waals surface area contributed by atoms with E-state index >= 15 is 0 Å². The van der Waals surface area contributed by atoms with Crippen molar-refractivity contribution in [2.24, 2.45) is 0 Å². The highest BCUT2D eigenvalue weighted by Crippen LogP contribution is 2.18. The second-order valence-electron chi connectivity index (χ2n) is 5.67. The summed E-state index contributed by atoms with van der Waals surface area (Å²) in [6.07, 6.45) is 0.